The van der Waals surface area contributed by atoms with Crippen molar-refractivity contribution < 1.29 is 4.79 Å². The molecule has 0 spiro atoms. The van der Waals surface area contributed by atoms with Crippen molar-refractivity contribution >= 4 is 22.6 Å². The van der Waals surface area contributed by atoms with E-state index in [9.17, 15) is 4.79 Å². The molecule has 5 rings (SSSR count). The maximum absolute atomic E-state index is 12.7. The van der Waals surface area contributed by atoms with Crippen molar-refractivity contribution in [2.75, 3.05) is 26.0 Å². The van der Waals surface area contributed by atoms with E-state index in [0.29, 0.717) is 25.2 Å². The quantitative estimate of drug-likeness (QED) is 0.604. The number of anilines is 1. The predicted octanol–water partition coefficient (Wildman–Crippen LogP) is 3.92. The van der Waals surface area contributed by atoms with Crippen molar-refractivity contribution in [3.63, 3.8) is 0 Å². The third-order valence-electron chi connectivity index (χ3n) is 5.93. The molecule has 0 bridgehead atoms. The predicted molar refractivity (Wildman–Crippen MR) is 124 cm³/mol. The van der Waals surface area contributed by atoms with Gasteiger partial charge in [-0.15, -0.1) is 0 Å². The van der Waals surface area contributed by atoms with Crippen LogP contribution in [0.5, 0.6) is 0 Å². The number of nitrogens with zero attached hydrogens (tertiary/aromatic N) is 4. The lowest BCUT2D eigenvalue weighted by atomic mass is 10.0. The van der Waals surface area contributed by atoms with Crippen LogP contribution in [0.15, 0.2) is 48.8 Å². The van der Waals surface area contributed by atoms with Gasteiger partial charge in [0.15, 0.2) is 0 Å². The number of benzene rings is 2. The van der Waals surface area contributed by atoms with Crippen molar-refractivity contribution in [1.82, 2.24) is 19.8 Å². The molecule has 0 unspecified atom stereocenters. The number of rotatable bonds is 8. The molecular weight excluding hydrogens is 386 g/mol. The highest BCUT2D eigenvalue weighted by Gasteiger charge is 2.32. The van der Waals surface area contributed by atoms with Gasteiger partial charge in [-0.05, 0) is 74.7 Å². The van der Waals surface area contributed by atoms with Gasteiger partial charge in [-0.2, -0.15) is 0 Å². The largest absolute Gasteiger partial charge is 0.367 e. The Hall–Kier alpha value is -2.99. The van der Waals surface area contributed by atoms with E-state index in [1.165, 1.54) is 12.8 Å². The zero-order valence-corrected chi connectivity index (χ0v) is 18.2. The number of likely N-dealkylation sites (N-methyl/N-ethyl adjacent to an activating group) is 1. The van der Waals surface area contributed by atoms with Crippen LogP contribution in [0, 0.1) is 0 Å². The lowest BCUT2D eigenvalue weighted by Gasteiger charge is -2.24. The molecule has 0 saturated heterocycles. The van der Waals surface area contributed by atoms with E-state index < -0.39 is 0 Å². The summed E-state index contributed by atoms with van der Waals surface area (Å²) in [5.41, 5.74) is 4.40. The highest BCUT2D eigenvalue weighted by atomic mass is 16.2. The van der Waals surface area contributed by atoms with Gasteiger partial charge in [-0.1, -0.05) is 24.3 Å². The van der Waals surface area contributed by atoms with Crippen molar-refractivity contribution in [2.24, 2.45) is 0 Å². The molecule has 2 aliphatic rings. The fraction of sp³-hybridized carbons (Fsp3) is 0.400. The van der Waals surface area contributed by atoms with Crippen LogP contribution in [-0.2, 0) is 11.3 Å². The molecule has 1 aromatic heterocycles. The number of carbonyl (C=O) groups is 1. The lowest BCUT2D eigenvalue weighted by Crippen LogP contribution is -2.38. The normalized spacial score (nSPS) is 16.0. The van der Waals surface area contributed by atoms with Crippen molar-refractivity contribution in [3.8, 4) is 11.1 Å². The number of hydrogen-bond donors (Lipinski definition) is 1. The molecule has 1 N–H and O–H groups in total. The van der Waals surface area contributed by atoms with Crippen molar-refractivity contribution in [3.05, 3.63) is 54.4 Å². The summed E-state index contributed by atoms with van der Waals surface area (Å²) >= 11 is 0. The smallest absolute Gasteiger partial charge is 0.237 e. The maximum atomic E-state index is 12.7. The Balaban J connectivity index is 1.41. The van der Waals surface area contributed by atoms with Gasteiger partial charge in [-0.3, -0.25) is 4.79 Å². The van der Waals surface area contributed by atoms with Crippen LogP contribution in [0.1, 0.15) is 31.2 Å². The number of hydrogen-bond acceptors (Lipinski definition) is 5. The lowest BCUT2D eigenvalue weighted by molar-refractivity contribution is -0.133. The Morgan fingerprint density at radius 3 is 2.58 bits per heavy atom. The van der Waals surface area contributed by atoms with Crippen LogP contribution in [-0.4, -0.2) is 58.4 Å². The summed E-state index contributed by atoms with van der Waals surface area (Å²) in [5.74, 6) is 1.12. The number of fused-ring (bicyclic) bond motifs is 1. The van der Waals surface area contributed by atoms with E-state index in [1.54, 1.807) is 6.33 Å². The van der Waals surface area contributed by atoms with E-state index in [2.05, 4.69) is 57.7 Å². The van der Waals surface area contributed by atoms with Gasteiger partial charge in [0, 0.05) is 24.0 Å². The molecule has 6 nitrogen and oxygen atoms in total. The topological polar surface area (TPSA) is 61.4 Å². The molecule has 160 valence electrons. The minimum Gasteiger partial charge on any atom is -0.367 e. The third kappa shape index (κ3) is 4.69. The van der Waals surface area contributed by atoms with E-state index in [0.717, 1.165) is 46.3 Å². The van der Waals surface area contributed by atoms with Gasteiger partial charge in [0.05, 0.1) is 12.1 Å². The second-order valence-electron chi connectivity index (χ2n) is 9.06. The molecule has 1 amide bonds. The van der Waals surface area contributed by atoms with Gasteiger partial charge >= 0.3 is 0 Å². The first-order valence-corrected chi connectivity index (χ1v) is 11.1. The number of nitrogens with one attached hydrogen (secondary N) is 1. The Kier molecular flexibility index (Phi) is 5.32. The van der Waals surface area contributed by atoms with Gasteiger partial charge in [0.25, 0.3) is 0 Å². The van der Waals surface area contributed by atoms with Crippen LogP contribution < -0.4 is 5.32 Å². The Morgan fingerprint density at radius 1 is 1.03 bits per heavy atom. The zero-order chi connectivity index (χ0) is 21.4. The average Bonchev–Trinajstić information content (AvgIpc) is 3.67. The highest BCUT2D eigenvalue weighted by molar-refractivity contribution is 5.92. The van der Waals surface area contributed by atoms with Gasteiger partial charge < -0.3 is 15.1 Å². The van der Waals surface area contributed by atoms with Gasteiger partial charge in [-0.25, -0.2) is 9.97 Å². The standard InChI is InChI=1S/C25H29N5O/c1-29(2)15-24(31)30(21-9-10-21)14-17-4-3-5-18(12-17)19-6-11-23-22(13-19)25(27-16-26-23)28-20-7-8-20/h3-6,11-13,16,20-21H,7-10,14-15H2,1-2H3,(H,26,27,28). The molecule has 3 aromatic rings. The summed E-state index contributed by atoms with van der Waals surface area (Å²) in [6.07, 6.45) is 6.26. The van der Waals surface area contributed by atoms with Crippen molar-refractivity contribution in [2.45, 2.75) is 44.3 Å². The van der Waals surface area contributed by atoms with Crippen LogP contribution in [0.3, 0.4) is 0 Å². The summed E-state index contributed by atoms with van der Waals surface area (Å²) < 4.78 is 0. The first kappa shape index (κ1) is 19.9. The molecule has 2 fully saturated rings. The fourth-order valence-electron chi connectivity index (χ4n) is 3.99. The Labute approximate surface area is 183 Å². The Bertz CT molecular complexity index is 1100. The third-order valence-corrected chi connectivity index (χ3v) is 5.93. The first-order valence-electron chi connectivity index (χ1n) is 11.1. The molecule has 2 aliphatic carbocycles. The number of amides is 1. The maximum Gasteiger partial charge on any atom is 0.237 e. The Morgan fingerprint density at radius 2 is 1.84 bits per heavy atom. The van der Waals surface area contributed by atoms with E-state index >= 15 is 0 Å². The molecule has 0 atom stereocenters. The minimum absolute atomic E-state index is 0.205. The summed E-state index contributed by atoms with van der Waals surface area (Å²) in [6.45, 7) is 1.12. The van der Waals surface area contributed by atoms with Crippen LogP contribution in [0.25, 0.3) is 22.0 Å². The summed E-state index contributed by atoms with van der Waals surface area (Å²) in [7, 11) is 3.89. The van der Waals surface area contributed by atoms with Crippen LogP contribution in [0.2, 0.25) is 0 Å². The van der Waals surface area contributed by atoms with E-state index in [4.69, 9.17) is 0 Å². The molecule has 2 saturated carbocycles. The fourth-order valence-corrected chi connectivity index (χ4v) is 3.99. The SMILES string of the molecule is CN(C)CC(=O)N(Cc1cccc(-c2ccc3ncnc(NC4CC4)c3c2)c1)C1CC1. The van der Waals surface area contributed by atoms with Crippen LogP contribution in [0.4, 0.5) is 5.82 Å². The molecule has 2 aromatic carbocycles. The zero-order valence-electron chi connectivity index (χ0n) is 18.2. The molecule has 6 heteroatoms. The molecule has 0 radical (unpaired) electrons. The second kappa shape index (κ2) is 8.27. The number of aromatic nitrogens is 2. The van der Waals surface area contributed by atoms with E-state index in [-0.39, 0.29) is 5.91 Å². The van der Waals surface area contributed by atoms with Gasteiger partial charge in [0.2, 0.25) is 5.91 Å². The minimum atomic E-state index is 0.205. The number of carbonyl (C=O) groups excluding carboxylic acids is 1. The molecular formula is C25H29N5O. The molecule has 31 heavy (non-hydrogen) atoms. The van der Waals surface area contributed by atoms with Gasteiger partial charge in [0.1, 0.15) is 12.1 Å². The summed E-state index contributed by atoms with van der Waals surface area (Å²) in [6, 6.07) is 15.8. The summed E-state index contributed by atoms with van der Waals surface area (Å²) in [5, 5.41) is 4.58. The second-order valence-corrected chi connectivity index (χ2v) is 9.06. The van der Waals surface area contributed by atoms with Crippen LogP contribution >= 0.6 is 0 Å². The molecule has 0 aliphatic heterocycles. The monoisotopic (exact) mass is 415 g/mol. The summed E-state index contributed by atoms with van der Waals surface area (Å²) in [4.78, 5) is 25.6. The highest BCUT2D eigenvalue weighted by Crippen LogP contribution is 2.32. The molecule has 1 heterocycles. The van der Waals surface area contributed by atoms with Crippen molar-refractivity contribution in [1.29, 1.82) is 0 Å². The first-order chi connectivity index (χ1) is 15.1. The van der Waals surface area contributed by atoms with E-state index in [1.807, 2.05) is 23.9 Å². The average molecular weight is 416 g/mol.